The molecule has 2 aromatic rings. The average Bonchev–Trinajstić information content (AvgIpc) is 3.22. The number of carbonyl (C=O) groups excluding carboxylic acids is 3. The summed E-state index contributed by atoms with van der Waals surface area (Å²) < 4.78 is 21.7. The van der Waals surface area contributed by atoms with Crippen LogP contribution in [0, 0.1) is 0 Å². The first-order valence-electron chi connectivity index (χ1n) is 13.4. The van der Waals surface area contributed by atoms with Gasteiger partial charge < -0.3 is 29.6 Å². The Bertz CT molecular complexity index is 1120. The van der Waals surface area contributed by atoms with Crippen LogP contribution in [0.1, 0.15) is 63.5 Å². The molecule has 210 valence electrons. The summed E-state index contributed by atoms with van der Waals surface area (Å²) in [5, 5.41) is 5.50. The number of alkyl carbamates (subject to hydrolysis) is 2. The minimum absolute atomic E-state index is 0.00931. The van der Waals surface area contributed by atoms with Crippen molar-refractivity contribution in [2.75, 3.05) is 20.3 Å². The van der Waals surface area contributed by atoms with E-state index in [-0.39, 0.29) is 31.3 Å². The van der Waals surface area contributed by atoms with Crippen molar-refractivity contribution in [1.82, 2.24) is 10.6 Å². The number of carbonyl (C=O) groups is 3. The molecule has 0 spiro atoms. The van der Waals surface area contributed by atoms with Gasteiger partial charge in [0.05, 0.1) is 19.8 Å². The van der Waals surface area contributed by atoms with Crippen molar-refractivity contribution in [3.8, 4) is 11.1 Å². The van der Waals surface area contributed by atoms with Crippen LogP contribution in [0.25, 0.3) is 11.1 Å². The van der Waals surface area contributed by atoms with Crippen LogP contribution in [0.2, 0.25) is 0 Å². The monoisotopic (exact) mass is 538 g/mol. The summed E-state index contributed by atoms with van der Waals surface area (Å²) in [5.41, 5.74) is 3.94. The Hall–Kier alpha value is -3.59. The maximum Gasteiger partial charge on any atom is 0.407 e. The molecule has 1 atom stereocenters. The largest absolute Gasteiger partial charge is 0.467 e. The lowest BCUT2D eigenvalue weighted by atomic mass is 9.93. The second-order valence-electron chi connectivity index (χ2n) is 11.0. The molecule has 1 fully saturated rings. The molecule has 0 unspecified atom stereocenters. The first kappa shape index (κ1) is 28.4. The quantitative estimate of drug-likeness (QED) is 0.362. The maximum atomic E-state index is 12.7. The fourth-order valence-electron chi connectivity index (χ4n) is 5.17. The molecule has 0 aliphatic heterocycles. The topological polar surface area (TPSA) is 112 Å². The van der Waals surface area contributed by atoms with Gasteiger partial charge in [-0.2, -0.15) is 0 Å². The predicted molar refractivity (Wildman–Crippen MR) is 145 cm³/mol. The van der Waals surface area contributed by atoms with Crippen LogP contribution in [0.15, 0.2) is 48.5 Å². The van der Waals surface area contributed by atoms with Crippen molar-refractivity contribution < 1.29 is 33.3 Å². The van der Waals surface area contributed by atoms with E-state index >= 15 is 0 Å². The van der Waals surface area contributed by atoms with Gasteiger partial charge in [-0.3, -0.25) is 0 Å². The Balaban J connectivity index is 1.25. The molecule has 9 heteroatoms. The van der Waals surface area contributed by atoms with Crippen LogP contribution >= 0.6 is 0 Å². The standard InChI is InChI=1S/C30H38N2O7/c1-30(2,3)39-29(35)31-19-13-15-20(16-14-19)37-18-26(27(33)36-4)32-28(34)38-17-25-23-11-7-5-9-21(23)22-10-6-8-12-24(22)25/h5-12,19-20,25-26H,13-18H2,1-4H3,(H,31,35)(H,32,34)/t19-,20+,26-/m0/s1. The van der Waals surface area contributed by atoms with E-state index in [1.54, 1.807) is 0 Å². The highest BCUT2D eigenvalue weighted by atomic mass is 16.6. The number of ether oxygens (including phenoxy) is 4. The lowest BCUT2D eigenvalue weighted by Crippen LogP contribution is -2.46. The highest BCUT2D eigenvalue weighted by molar-refractivity contribution is 5.82. The van der Waals surface area contributed by atoms with E-state index in [2.05, 4.69) is 22.8 Å². The smallest absolute Gasteiger partial charge is 0.407 e. The van der Waals surface area contributed by atoms with Gasteiger partial charge in [0.1, 0.15) is 12.2 Å². The summed E-state index contributed by atoms with van der Waals surface area (Å²) in [4.78, 5) is 37.1. The lowest BCUT2D eigenvalue weighted by molar-refractivity contribution is -0.145. The molecule has 39 heavy (non-hydrogen) atoms. The molecule has 0 saturated heterocycles. The normalized spacial score (nSPS) is 19.3. The average molecular weight is 539 g/mol. The molecule has 2 aromatic carbocycles. The van der Waals surface area contributed by atoms with Crippen LogP contribution in [0.5, 0.6) is 0 Å². The van der Waals surface area contributed by atoms with E-state index < -0.39 is 29.8 Å². The van der Waals surface area contributed by atoms with Gasteiger partial charge >= 0.3 is 18.2 Å². The van der Waals surface area contributed by atoms with Crippen LogP contribution in [-0.2, 0) is 23.7 Å². The summed E-state index contributed by atoms with van der Waals surface area (Å²) in [7, 11) is 1.27. The Morgan fingerprint density at radius 2 is 1.49 bits per heavy atom. The van der Waals surface area contributed by atoms with Gasteiger partial charge in [0.2, 0.25) is 0 Å². The third-order valence-corrected chi connectivity index (χ3v) is 7.02. The number of esters is 1. The summed E-state index contributed by atoms with van der Waals surface area (Å²) in [5.74, 6) is -0.691. The van der Waals surface area contributed by atoms with Crippen molar-refractivity contribution in [3.63, 3.8) is 0 Å². The van der Waals surface area contributed by atoms with E-state index in [1.807, 2.05) is 57.2 Å². The molecule has 0 aromatic heterocycles. The lowest BCUT2D eigenvalue weighted by Gasteiger charge is -2.30. The number of methoxy groups -OCH3 is 1. The number of amides is 2. The first-order chi connectivity index (χ1) is 18.6. The summed E-state index contributed by atoms with van der Waals surface area (Å²) >= 11 is 0. The minimum atomic E-state index is -0.997. The Kier molecular flexibility index (Phi) is 9.12. The molecule has 2 aliphatic rings. The van der Waals surface area contributed by atoms with E-state index in [4.69, 9.17) is 18.9 Å². The van der Waals surface area contributed by atoms with Crippen molar-refractivity contribution in [2.24, 2.45) is 0 Å². The van der Waals surface area contributed by atoms with Gasteiger partial charge in [-0.15, -0.1) is 0 Å². The highest BCUT2D eigenvalue weighted by Crippen LogP contribution is 2.44. The van der Waals surface area contributed by atoms with Crippen LogP contribution in [0.3, 0.4) is 0 Å². The van der Waals surface area contributed by atoms with Crippen molar-refractivity contribution in [1.29, 1.82) is 0 Å². The first-order valence-corrected chi connectivity index (χ1v) is 13.4. The summed E-state index contributed by atoms with van der Waals surface area (Å²) in [6.45, 7) is 5.58. The third kappa shape index (κ3) is 7.50. The second kappa shape index (κ2) is 12.5. The van der Waals surface area contributed by atoms with Gasteiger partial charge in [-0.05, 0) is 68.7 Å². The van der Waals surface area contributed by atoms with Gasteiger partial charge in [0.15, 0.2) is 6.04 Å². The zero-order valence-corrected chi connectivity index (χ0v) is 23.0. The molecule has 0 heterocycles. The molecule has 2 amide bonds. The van der Waals surface area contributed by atoms with Crippen LogP contribution in [-0.4, -0.2) is 62.3 Å². The SMILES string of the molecule is COC(=O)[C@H](CO[C@H]1CC[C@@H](NC(=O)OC(C)(C)C)CC1)NC(=O)OCC1c2ccccc2-c2ccccc21. The number of nitrogens with one attached hydrogen (secondary N) is 2. The molecule has 0 radical (unpaired) electrons. The molecule has 9 nitrogen and oxygen atoms in total. The zero-order chi connectivity index (χ0) is 28.0. The second-order valence-corrected chi connectivity index (χ2v) is 11.0. The molecule has 4 rings (SSSR count). The van der Waals surface area contributed by atoms with Gasteiger partial charge in [-0.25, -0.2) is 14.4 Å². The summed E-state index contributed by atoms with van der Waals surface area (Å²) in [6.07, 6.45) is 1.64. The van der Waals surface area contributed by atoms with Crippen molar-refractivity contribution in [3.05, 3.63) is 59.7 Å². The zero-order valence-electron chi connectivity index (χ0n) is 23.0. The van der Waals surface area contributed by atoms with Gasteiger partial charge in [-0.1, -0.05) is 48.5 Å². The maximum absolute atomic E-state index is 12.7. The van der Waals surface area contributed by atoms with Gasteiger partial charge in [0.25, 0.3) is 0 Å². The molecule has 2 aliphatic carbocycles. The van der Waals surface area contributed by atoms with E-state index in [0.717, 1.165) is 35.1 Å². The predicted octanol–water partition coefficient (Wildman–Crippen LogP) is 4.92. The molecular weight excluding hydrogens is 500 g/mol. The van der Waals surface area contributed by atoms with E-state index in [1.165, 1.54) is 7.11 Å². The summed E-state index contributed by atoms with van der Waals surface area (Å²) in [6, 6.07) is 15.2. The number of hydrogen-bond donors (Lipinski definition) is 2. The number of rotatable bonds is 8. The fraction of sp³-hybridized carbons (Fsp3) is 0.500. The van der Waals surface area contributed by atoms with E-state index in [0.29, 0.717) is 12.8 Å². The Morgan fingerprint density at radius 3 is 2.05 bits per heavy atom. The Labute approximate surface area is 229 Å². The number of benzene rings is 2. The molecule has 1 saturated carbocycles. The molecule has 2 N–H and O–H groups in total. The number of fused-ring (bicyclic) bond motifs is 3. The minimum Gasteiger partial charge on any atom is -0.467 e. The molecular formula is C30H38N2O7. The van der Waals surface area contributed by atoms with Crippen LogP contribution < -0.4 is 10.6 Å². The van der Waals surface area contributed by atoms with Gasteiger partial charge in [0, 0.05) is 12.0 Å². The van der Waals surface area contributed by atoms with Crippen LogP contribution in [0.4, 0.5) is 9.59 Å². The fourth-order valence-corrected chi connectivity index (χ4v) is 5.17. The molecule has 0 bridgehead atoms. The van der Waals surface area contributed by atoms with Crippen molar-refractivity contribution in [2.45, 2.75) is 76.2 Å². The third-order valence-electron chi connectivity index (χ3n) is 7.02. The highest BCUT2D eigenvalue weighted by Gasteiger charge is 2.31. The number of hydrogen-bond acceptors (Lipinski definition) is 7. The van der Waals surface area contributed by atoms with Crippen molar-refractivity contribution >= 4 is 18.2 Å². The van der Waals surface area contributed by atoms with E-state index in [9.17, 15) is 14.4 Å². The Morgan fingerprint density at radius 1 is 0.897 bits per heavy atom.